The van der Waals surface area contributed by atoms with Gasteiger partial charge in [-0.15, -0.1) is 0 Å². The molecule has 16 heavy (non-hydrogen) atoms. The summed E-state index contributed by atoms with van der Waals surface area (Å²) in [4.78, 5) is 10.8. The lowest BCUT2D eigenvalue weighted by Gasteiger charge is -2.15. The van der Waals surface area contributed by atoms with Gasteiger partial charge in [-0.1, -0.05) is 0 Å². The van der Waals surface area contributed by atoms with E-state index in [-0.39, 0.29) is 16.7 Å². The zero-order valence-electron chi connectivity index (χ0n) is 8.60. The van der Waals surface area contributed by atoms with Gasteiger partial charge < -0.3 is 21.1 Å². The van der Waals surface area contributed by atoms with Crippen molar-refractivity contribution in [2.24, 2.45) is 5.73 Å². The average Bonchev–Trinajstić information content (AvgIpc) is 2.98. The first-order valence-electron chi connectivity index (χ1n) is 5.00. The van der Waals surface area contributed by atoms with Gasteiger partial charge in [0.25, 0.3) is 0 Å². The fourth-order valence-electron chi connectivity index (χ4n) is 1.91. The molecule has 0 bridgehead atoms. The molecule has 1 aliphatic carbocycles. The molecule has 2 rings (SSSR count). The Labute approximate surface area is 92.1 Å². The lowest BCUT2D eigenvalue weighted by molar-refractivity contribution is 0.0693. The zero-order chi connectivity index (χ0) is 11.9. The number of carboxylic acids is 1. The zero-order valence-corrected chi connectivity index (χ0v) is 8.60. The van der Waals surface area contributed by atoms with Gasteiger partial charge in [-0.05, 0) is 18.9 Å². The first-order chi connectivity index (χ1) is 7.50. The predicted octanol–water partition coefficient (Wildman–Crippen LogP) is 0.786. The number of hydrogen-bond donors (Lipinski definition) is 4. The second-order valence-electron chi connectivity index (χ2n) is 4.18. The molecule has 86 valence electrons. The highest BCUT2D eigenvalue weighted by molar-refractivity contribution is 5.91. The topological polar surface area (TPSA) is 104 Å². The Hall–Kier alpha value is -1.75. The van der Waals surface area contributed by atoms with Crippen molar-refractivity contribution in [1.82, 2.24) is 0 Å². The van der Waals surface area contributed by atoms with Gasteiger partial charge in [0.1, 0.15) is 17.1 Å². The Kier molecular flexibility index (Phi) is 2.27. The van der Waals surface area contributed by atoms with E-state index in [2.05, 4.69) is 0 Å². The molecule has 0 unspecified atom stereocenters. The van der Waals surface area contributed by atoms with Crippen LogP contribution in [0.4, 0.5) is 0 Å². The summed E-state index contributed by atoms with van der Waals surface area (Å²) in [7, 11) is 0. The van der Waals surface area contributed by atoms with Gasteiger partial charge in [0, 0.05) is 23.6 Å². The molecule has 0 saturated heterocycles. The van der Waals surface area contributed by atoms with Crippen LogP contribution < -0.4 is 5.73 Å². The van der Waals surface area contributed by atoms with Crippen LogP contribution in [0.25, 0.3) is 0 Å². The first-order valence-corrected chi connectivity index (χ1v) is 5.00. The number of hydrogen-bond acceptors (Lipinski definition) is 4. The van der Waals surface area contributed by atoms with E-state index in [0.717, 1.165) is 18.9 Å². The highest BCUT2D eigenvalue weighted by Gasteiger charge is 2.45. The second kappa shape index (κ2) is 3.38. The van der Waals surface area contributed by atoms with Crippen molar-refractivity contribution >= 4 is 5.97 Å². The Morgan fingerprint density at radius 3 is 2.38 bits per heavy atom. The third kappa shape index (κ3) is 1.49. The Balaban J connectivity index is 2.54. The Morgan fingerprint density at radius 2 is 1.94 bits per heavy atom. The minimum Gasteiger partial charge on any atom is -0.508 e. The first kappa shape index (κ1) is 10.8. The summed E-state index contributed by atoms with van der Waals surface area (Å²) >= 11 is 0. The molecule has 0 radical (unpaired) electrons. The predicted molar refractivity (Wildman–Crippen MR) is 56.7 cm³/mol. The quantitative estimate of drug-likeness (QED) is 0.606. The molecule has 1 saturated carbocycles. The van der Waals surface area contributed by atoms with Crippen LogP contribution in [-0.2, 0) is 5.41 Å². The molecule has 0 spiro atoms. The lowest BCUT2D eigenvalue weighted by atomic mass is 9.93. The van der Waals surface area contributed by atoms with E-state index >= 15 is 0 Å². The maximum absolute atomic E-state index is 10.8. The molecule has 0 heterocycles. The largest absolute Gasteiger partial charge is 0.508 e. The van der Waals surface area contributed by atoms with Gasteiger partial charge in [-0.25, -0.2) is 4.79 Å². The van der Waals surface area contributed by atoms with E-state index in [0.29, 0.717) is 12.1 Å². The summed E-state index contributed by atoms with van der Waals surface area (Å²) in [5, 5.41) is 27.9. The van der Waals surface area contributed by atoms with Crippen molar-refractivity contribution in [2.45, 2.75) is 18.3 Å². The van der Waals surface area contributed by atoms with E-state index in [1.165, 1.54) is 6.07 Å². The van der Waals surface area contributed by atoms with Crippen molar-refractivity contribution in [1.29, 1.82) is 0 Å². The lowest BCUT2D eigenvalue weighted by Crippen LogP contribution is -2.20. The van der Waals surface area contributed by atoms with Crippen molar-refractivity contribution in [3.63, 3.8) is 0 Å². The molecule has 1 aromatic rings. The molecule has 0 atom stereocenters. The number of phenols is 2. The Bertz CT molecular complexity index is 452. The smallest absolute Gasteiger partial charge is 0.339 e. The van der Waals surface area contributed by atoms with Gasteiger partial charge in [0.15, 0.2) is 0 Å². The molecule has 5 N–H and O–H groups in total. The average molecular weight is 223 g/mol. The standard InChI is InChI=1S/C11H13NO4/c12-5-11(1-2-11)7-3-6(10(15)16)8(13)4-9(7)14/h3-4,13-14H,1-2,5,12H2,(H,15,16). The van der Waals surface area contributed by atoms with E-state index in [1.54, 1.807) is 0 Å². The molecule has 5 nitrogen and oxygen atoms in total. The number of nitrogens with two attached hydrogens (primary N) is 1. The summed E-state index contributed by atoms with van der Waals surface area (Å²) in [5.74, 6) is -1.74. The highest BCUT2D eigenvalue weighted by atomic mass is 16.4. The van der Waals surface area contributed by atoms with Gasteiger partial charge >= 0.3 is 5.97 Å². The van der Waals surface area contributed by atoms with Gasteiger partial charge in [-0.2, -0.15) is 0 Å². The minimum atomic E-state index is -1.22. The van der Waals surface area contributed by atoms with E-state index in [4.69, 9.17) is 10.8 Å². The molecule has 5 heteroatoms. The van der Waals surface area contributed by atoms with Gasteiger partial charge in [0.05, 0.1) is 0 Å². The van der Waals surface area contributed by atoms with Crippen LogP contribution in [0, 0.1) is 0 Å². The van der Waals surface area contributed by atoms with Crippen molar-refractivity contribution in [3.8, 4) is 11.5 Å². The van der Waals surface area contributed by atoms with E-state index in [9.17, 15) is 15.0 Å². The molecule has 0 aliphatic heterocycles. The highest BCUT2D eigenvalue weighted by Crippen LogP contribution is 2.51. The summed E-state index contributed by atoms with van der Waals surface area (Å²) in [6.45, 7) is 0.365. The molecular formula is C11H13NO4. The number of rotatable bonds is 3. The third-order valence-electron chi connectivity index (χ3n) is 3.16. The van der Waals surface area contributed by atoms with Gasteiger partial charge in [-0.3, -0.25) is 0 Å². The molecule has 0 amide bonds. The van der Waals surface area contributed by atoms with Crippen LogP contribution in [-0.4, -0.2) is 27.8 Å². The Morgan fingerprint density at radius 1 is 1.31 bits per heavy atom. The summed E-state index contributed by atoms with van der Waals surface area (Å²) < 4.78 is 0. The normalized spacial score (nSPS) is 17.1. The molecule has 1 fully saturated rings. The van der Waals surface area contributed by atoms with Crippen LogP contribution in [0.2, 0.25) is 0 Å². The molecular weight excluding hydrogens is 210 g/mol. The van der Waals surface area contributed by atoms with Crippen LogP contribution in [0.3, 0.4) is 0 Å². The summed E-state index contributed by atoms with van der Waals surface area (Å²) in [6, 6.07) is 2.38. The SMILES string of the molecule is NCC1(c2cc(C(=O)O)c(O)cc2O)CC1. The van der Waals surface area contributed by atoms with Crippen molar-refractivity contribution in [2.75, 3.05) is 6.54 Å². The summed E-state index contributed by atoms with van der Waals surface area (Å²) in [6.07, 6.45) is 1.67. The molecule has 1 aliphatic rings. The fraction of sp³-hybridized carbons (Fsp3) is 0.364. The monoisotopic (exact) mass is 223 g/mol. The summed E-state index contributed by atoms with van der Waals surface area (Å²) in [5.41, 5.74) is 5.63. The van der Waals surface area contributed by atoms with Crippen LogP contribution in [0.1, 0.15) is 28.8 Å². The van der Waals surface area contributed by atoms with Crippen molar-refractivity contribution in [3.05, 3.63) is 23.3 Å². The van der Waals surface area contributed by atoms with Crippen molar-refractivity contribution < 1.29 is 20.1 Å². The maximum atomic E-state index is 10.8. The fourth-order valence-corrected chi connectivity index (χ4v) is 1.91. The number of aromatic carboxylic acids is 1. The molecule has 0 aromatic heterocycles. The third-order valence-corrected chi connectivity index (χ3v) is 3.16. The maximum Gasteiger partial charge on any atom is 0.339 e. The second-order valence-corrected chi connectivity index (χ2v) is 4.18. The van der Waals surface area contributed by atoms with Crippen LogP contribution in [0.15, 0.2) is 12.1 Å². The number of carbonyl (C=O) groups is 1. The molecule has 1 aromatic carbocycles. The van der Waals surface area contributed by atoms with E-state index < -0.39 is 11.7 Å². The number of benzene rings is 1. The number of aromatic hydroxyl groups is 2. The minimum absolute atomic E-state index is 0.0922. The van der Waals surface area contributed by atoms with Crippen LogP contribution >= 0.6 is 0 Å². The van der Waals surface area contributed by atoms with E-state index in [1.807, 2.05) is 0 Å². The number of phenolic OH excluding ortho intramolecular Hbond substituents is 1. The van der Waals surface area contributed by atoms with Gasteiger partial charge in [0.2, 0.25) is 0 Å². The number of carboxylic acid groups (broad SMARTS) is 1. The van der Waals surface area contributed by atoms with Crippen LogP contribution in [0.5, 0.6) is 11.5 Å².